The molecule has 0 saturated carbocycles. The molecule has 0 spiro atoms. The number of amides is 1. The van der Waals surface area contributed by atoms with Crippen molar-refractivity contribution in [2.75, 3.05) is 6.54 Å². The summed E-state index contributed by atoms with van der Waals surface area (Å²) in [6, 6.07) is 10.3. The lowest BCUT2D eigenvalue weighted by molar-refractivity contribution is -0.121. The van der Waals surface area contributed by atoms with Gasteiger partial charge in [0.2, 0.25) is 5.91 Å². The van der Waals surface area contributed by atoms with Crippen molar-refractivity contribution in [1.82, 2.24) is 29.5 Å². The fraction of sp³-hybridized carbons (Fsp3) is 0.333. The monoisotopic (exact) mass is 376 g/mol. The molecule has 0 unspecified atom stereocenters. The predicted molar refractivity (Wildman–Crippen MR) is 108 cm³/mol. The molecule has 3 aromatic heterocycles. The second-order valence-electron chi connectivity index (χ2n) is 7.04. The van der Waals surface area contributed by atoms with Gasteiger partial charge in [0.1, 0.15) is 11.3 Å². The van der Waals surface area contributed by atoms with Gasteiger partial charge in [-0.3, -0.25) is 9.20 Å². The van der Waals surface area contributed by atoms with Crippen molar-refractivity contribution in [3.8, 4) is 11.3 Å². The first kappa shape index (κ1) is 18.2. The van der Waals surface area contributed by atoms with Crippen LogP contribution in [0, 0.1) is 6.92 Å². The minimum atomic E-state index is 0.0530. The Kier molecular flexibility index (Phi) is 5.06. The van der Waals surface area contributed by atoms with Crippen LogP contribution in [0.3, 0.4) is 0 Å². The van der Waals surface area contributed by atoms with Crippen LogP contribution in [0.4, 0.5) is 0 Å². The lowest BCUT2D eigenvalue weighted by Gasteiger charge is -2.03. The van der Waals surface area contributed by atoms with Crippen molar-refractivity contribution < 1.29 is 4.79 Å². The molecule has 4 aromatic rings. The molecule has 28 heavy (non-hydrogen) atoms. The van der Waals surface area contributed by atoms with E-state index in [0.717, 1.165) is 47.6 Å². The highest BCUT2D eigenvalue weighted by Crippen LogP contribution is 2.22. The SMILES string of the molecule is CCCCNC(=O)CCc1nnc2c3cc(-c4ccc(C)cc4)nn3ccn12. The Bertz CT molecular complexity index is 1110. The second kappa shape index (κ2) is 7.80. The van der Waals surface area contributed by atoms with Gasteiger partial charge in [-0.2, -0.15) is 5.10 Å². The van der Waals surface area contributed by atoms with Crippen LogP contribution in [0.5, 0.6) is 0 Å². The Hall–Kier alpha value is -3.22. The van der Waals surface area contributed by atoms with Gasteiger partial charge >= 0.3 is 0 Å². The van der Waals surface area contributed by atoms with E-state index in [0.29, 0.717) is 12.8 Å². The topological polar surface area (TPSA) is 76.6 Å². The Balaban J connectivity index is 1.57. The maximum Gasteiger partial charge on any atom is 0.220 e. The van der Waals surface area contributed by atoms with Crippen LogP contribution in [0.15, 0.2) is 42.7 Å². The molecular formula is C21H24N6O. The van der Waals surface area contributed by atoms with E-state index in [4.69, 9.17) is 0 Å². The number of aromatic nitrogens is 5. The summed E-state index contributed by atoms with van der Waals surface area (Å²) in [5.41, 5.74) is 4.82. The summed E-state index contributed by atoms with van der Waals surface area (Å²) < 4.78 is 3.76. The summed E-state index contributed by atoms with van der Waals surface area (Å²) in [6.45, 7) is 4.91. The summed E-state index contributed by atoms with van der Waals surface area (Å²) in [7, 11) is 0. The summed E-state index contributed by atoms with van der Waals surface area (Å²) >= 11 is 0. The number of fused-ring (bicyclic) bond motifs is 3. The fourth-order valence-electron chi connectivity index (χ4n) is 3.21. The van der Waals surface area contributed by atoms with E-state index >= 15 is 0 Å². The number of nitrogens with one attached hydrogen (secondary N) is 1. The highest BCUT2D eigenvalue weighted by atomic mass is 16.1. The molecule has 0 fully saturated rings. The Morgan fingerprint density at radius 3 is 2.75 bits per heavy atom. The third kappa shape index (κ3) is 3.60. The molecule has 0 aliphatic rings. The summed E-state index contributed by atoms with van der Waals surface area (Å²) in [5.74, 6) is 0.832. The standard InChI is InChI=1S/C21H24N6O/c1-3-4-11-22-20(28)10-9-19-23-24-21-18-14-17(16-7-5-15(2)6-8-16)25-27(18)13-12-26(19)21/h5-8,12-14H,3-4,9-11H2,1-2H3,(H,22,28). The van der Waals surface area contributed by atoms with E-state index in [1.807, 2.05) is 27.4 Å². The fourth-order valence-corrected chi connectivity index (χ4v) is 3.21. The largest absolute Gasteiger partial charge is 0.356 e. The first-order valence-corrected chi connectivity index (χ1v) is 9.71. The van der Waals surface area contributed by atoms with Crippen molar-refractivity contribution in [2.24, 2.45) is 0 Å². The molecule has 0 saturated heterocycles. The number of carbonyl (C=O) groups excluding carboxylic acids is 1. The maximum absolute atomic E-state index is 12.0. The van der Waals surface area contributed by atoms with Crippen molar-refractivity contribution >= 4 is 17.1 Å². The van der Waals surface area contributed by atoms with Crippen LogP contribution >= 0.6 is 0 Å². The molecule has 0 aliphatic carbocycles. The molecular weight excluding hydrogens is 352 g/mol. The first-order valence-electron chi connectivity index (χ1n) is 9.71. The minimum absolute atomic E-state index is 0.0530. The molecule has 3 heterocycles. The van der Waals surface area contributed by atoms with Crippen molar-refractivity contribution in [3.05, 3.63) is 54.1 Å². The highest BCUT2D eigenvalue weighted by Gasteiger charge is 2.13. The van der Waals surface area contributed by atoms with E-state index in [1.54, 1.807) is 0 Å². The highest BCUT2D eigenvalue weighted by molar-refractivity contribution is 5.77. The number of benzene rings is 1. The van der Waals surface area contributed by atoms with Gasteiger partial charge in [-0.1, -0.05) is 43.2 Å². The van der Waals surface area contributed by atoms with Gasteiger partial charge in [0, 0.05) is 37.3 Å². The Morgan fingerprint density at radius 2 is 1.96 bits per heavy atom. The molecule has 1 aromatic carbocycles. The minimum Gasteiger partial charge on any atom is -0.356 e. The molecule has 0 atom stereocenters. The predicted octanol–water partition coefficient (Wildman–Crippen LogP) is 3.20. The van der Waals surface area contributed by atoms with Crippen LogP contribution in [0.2, 0.25) is 0 Å². The zero-order chi connectivity index (χ0) is 19.5. The molecule has 0 bridgehead atoms. The van der Waals surface area contributed by atoms with E-state index in [-0.39, 0.29) is 5.91 Å². The summed E-state index contributed by atoms with van der Waals surface area (Å²) in [4.78, 5) is 12.0. The maximum atomic E-state index is 12.0. The van der Waals surface area contributed by atoms with Crippen LogP contribution < -0.4 is 5.32 Å². The number of hydrogen-bond acceptors (Lipinski definition) is 4. The van der Waals surface area contributed by atoms with Crippen LogP contribution in [-0.2, 0) is 11.2 Å². The third-order valence-corrected chi connectivity index (χ3v) is 4.86. The van der Waals surface area contributed by atoms with Crippen LogP contribution in [-0.4, -0.2) is 36.7 Å². The number of unbranched alkanes of at least 4 members (excludes halogenated alkanes) is 1. The van der Waals surface area contributed by atoms with E-state index in [2.05, 4.69) is 58.7 Å². The zero-order valence-electron chi connectivity index (χ0n) is 16.2. The van der Waals surface area contributed by atoms with Gasteiger partial charge in [-0.05, 0) is 19.4 Å². The molecule has 1 N–H and O–H groups in total. The van der Waals surface area contributed by atoms with Crippen molar-refractivity contribution in [3.63, 3.8) is 0 Å². The third-order valence-electron chi connectivity index (χ3n) is 4.86. The van der Waals surface area contributed by atoms with Gasteiger partial charge in [0.05, 0.1) is 5.69 Å². The van der Waals surface area contributed by atoms with Crippen LogP contribution in [0.1, 0.15) is 37.6 Å². The quantitative estimate of drug-likeness (QED) is 0.503. The second-order valence-corrected chi connectivity index (χ2v) is 7.04. The lowest BCUT2D eigenvalue weighted by Crippen LogP contribution is -2.24. The average molecular weight is 376 g/mol. The zero-order valence-corrected chi connectivity index (χ0v) is 16.2. The number of nitrogens with zero attached hydrogens (tertiary/aromatic N) is 5. The van der Waals surface area contributed by atoms with Gasteiger partial charge in [0.15, 0.2) is 5.65 Å². The normalized spacial score (nSPS) is 11.4. The molecule has 144 valence electrons. The summed E-state index contributed by atoms with van der Waals surface area (Å²) in [6.07, 6.45) is 6.83. The lowest BCUT2D eigenvalue weighted by atomic mass is 10.1. The number of carbonyl (C=O) groups is 1. The van der Waals surface area contributed by atoms with Crippen molar-refractivity contribution in [1.29, 1.82) is 0 Å². The number of hydrogen-bond donors (Lipinski definition) is 1. The smallest absolute Gasteiger partial charge is 0.220 e. The van der Waals surface area contributed by atoms with E-state index < -0.39 is 0 Å². The van der Waals surface area contributed by atoms with E-state index in [9.17, 15) is 4.79 Å². The molecule has 0 aliphatic heterocycles. The number of aryl methyl sites for hydroxylation is 2. The van der Waals surface area contributed by atoms with E-state index in [1.165, 1.54) is 5.56 Å². The Labute approximate surface area is 163 Å². The van der Waals surface area contributed by atoms with Gasteiger partial charge < -0.3 is 5.32 Å². The van der Waals surface area contributed by atoms with Crippen LogP contribution in [0.25, 0.3) is 22.4 Å². The summed E-state index contributed by atoms with van der Waals surface area (Å²) in [5, 5.41) is 16.2. The molecule has 7 heteroatoms. The number of rotatable bonds is 7. The molecule has 7 nitrogen and oxygen atoms in total. The van der Waals surface area contributed by atoms with Crippen molar-refractivity contribution in [2.45, 2.75) is 39.5 Å². The molecule has 4 rings (SSSR count). The molecule has 0 radical (unpaired) electrons. The average Bonchev–Trinajstić information content (AvgIpc) is 3.31. The molecule has 1 amide bonds. The van der Waals surface area contributed by atoms with Gasteiger partial charge in [-0.25, -0.2) is 4.52 Å². The Morgan fingerprint density at radius 1 is 1.14 bits per heavy atom. The first-order chi connectivity index (χ1) is 13.7. The van der Waals surface area contributed by atoms with Gasteiger partial charge in [0.25, 0.3) is 0 Å². The van der Waals surface area contributed by atoms with Gasteiger partial charge in [-0.15, -0.1) is 10.2 Å².